The standard InChI is InChI=1S/C8H10FN.C2H6/c1-10-6-7-4-2-3-5-8(7)9;1-2/h2-5,10H,6H2,1H3;1-2H3. The summed E-state index contributed by atoms with van der Waals surface area (Å²) in [4.78, 5) is 0. The van der Waals surface area contributed by atoms with Gasteiger partial charge in [0.25, 0.3) is 0 Å². The van der Waals surface area contributed by atoms with Crippen LogP contribution in [0.3, 0.4) is 0 Å². The van der Waals surface area contributed by atoms with Gasteiger partial charge in [0, 0.05) is 12.1 Å². The van der Waals surface area contributed by atoms with Gasteiger partial charge in [0.05, 0.1) is 0 Å². The molecule has 1 aromatic rings. The molecule has 0 aromatic heterocycles. The van der Waals surface area contributed by atoms with Gasteiger partial charge in [-0.15, -0.1) is 0 Å². The Kier molecular flexibility index (Phi) is 6.29. The molecule has 1 nitrogen and oxygen atoms in total. The number of hydrogen-bond acceptors (Lipinski definition) is 1. The van der Waals surface area contributed by atoms with Crippen molar-refractivity contribution in [3.63, 3.8) is 0 Å². The second-order valence-electron chi connectivity index (χ2n) is 2.12. The van der Waals surface area contributed by atoms with Crippen molar-refractivity contribution in [3.8, 4) is 0 Å². The van der Waals surface area contributed by atoms with Gasteiger partial charge < -0.3 is 5.32 Å². The second-order valence-corrected chi connectivity index (χ2v) is 2.12. The molecule has 1 rings (SSSR count). The molecule has 0 saturated carbocycles. The Morgan fingerprint density at radius 3 is 2.33 bits per heavy atom. The molecule has 0 bridgehead atoms. The molecule has 1 N–H and O–H groups in total. The summed E-state index contributed by atoms with van der Waals surface area (Å²) < 4.78 is 12.7. The van der Waals surface area contributed by atoms with Crippen LogP contribution in [-0.2, 0) is 6.54 Å². The quantitative estimate of drug-likeness (QED) is 0.717. The van der Waals surface area contributed by atoms with E-state index in [-0.39, 0.29) is 5.82 Å². The summed E-state index contributed by atoms with van der Waals surface area (Å²) >= 11 is 0. The summed E-state index contributed by atoms with van der Waals surface area (Å²) in [7, 11) is 1.80. The lowest BCUT2D eigenvalue weighted by molar-refractivity contribution is 0.601. The van der Waals surface area contributed by atoms with Crippen molar-refractivity contribution in [2.45, 2.75) is 20.4 Å². The van der Waals surface area contributed by atoms with E-state index < -0.39 is 0 Å². The first-order chi connectivity index (χ1) is 5.84. The lowest BCUT2D eigenvalue weighted by atomic mass is 10.2. The SMILES string of the molecule is CC.CNCc1ccccc1F. The Hall–Kier alpha value is -0.890. The molecule has 0 radical (unpaired) electrons. The number of hydrogen-bond donors (Lipinski definition) is 1. The van der Waals surface area contributed by atoms with Crippen LogP contribution in [0.5, 0.6) is 0 Å². The molecule has 0 aliphatic heterocycles. The first-order valence-electron chi connectivity index (χ1n) is 4.22. The van der Waals surface area contributed by atoms with Gasteiger partial charge in [0.15, 0.2) is 0 Å². The predicted molar refractivity (Wildman–Crippen MR) is 50.5 cm³/mol. The van der Waals surface area contributed by atoms with Crippen LogP contribution in [0.25, 0.3) is 0 Å². The van der Waals surface area contributed by atoms with Crippen LogP contribution in [0, 0.1) is 5.82 Å². The third kappa shape index (κ3) is 3.49. The van der Waals surface area contributed by atoms with Crippen molar-refractivity contribution in [2.24, 2.45) is 0 Å². The smallest absolute Gasteiger partial charge is 0.127 e. The summed E-state index contributed by atoms with van der Waals surface area (Å²) in [6, 6.07) is 6.75. The molecule has 2 heteroatoms. The lowest BCUT2D eigenvalue weighted by Crippen LogP contribution is -2.06. The zero-order valence-corrected chi connectivity index (χ0v) is 7.89. The zero-order valence-electron chi connectivity index (χ0n) is 7.89. The normalized spacial score (nSPS) is 8.67. The van der Waals surface area contributed by atoms with Crippen molar-refractivity contribution >= 4 is 0 Å². The topological polar surface area (TPSA) is 12.0 Å². The minimum atomic E-state index is -0.142. The number of halogens is 1. The monoisotopic (exact) mass is 169 g/mol. The molecule has 0 unspecified atom stereocenters. The molecule has 0 aliphatic rings. The number of rotatable bonds is 2. The van der Waals surface area contributed by atoms with Crippen molar-refractivity contribution in [1.82, 2.24) is 5.32 Å². The Bertz CT molecular complexity index is 211. The van der Waals surface area contributed by atoms with E-state index in [0.29, 0.717) is 12.1 Å². The van der Waals surface area contributed by atoms with Gasteiger partial charge in [-0.05, 0) is 13.1 Å². The van der Waals surface area contributed by atoms with Crippen LogP contribution < -0.4 is 5.32 Å². The highest BCUT2D eigenvalue weighted by atomic mass is 19.1. The molecule has 0 amide bonds. The molecule has 0 atom stereocenters. The number of nitrogens with one attached hydrogen (secondary N) is 1. The van der Waals surface area contributed by atoms with Gasteiger partial charge in [-0.3, -0.25) is 0 Å². The highest BCUT2D eigenvalue weighted by Crippen LogP contribution is 2.04. The van der Waals surface area contributed by atoms with Crippen molar-refractivity contribution in [3.05, 3.63) is 35.6 Å². The molecular formula is C10H16FN. The van der Waals surface area contributed by atoms with E-state index in [2.05, 4.69) is 5.32 Å². The molecule has 68 valence electrons. The molecule has 1 aromatic carbocycles. The van der Waals surface area contributed by atoms with Gasteiger partial charge in [0.2, 0.25) is 0 Å². The number of benzene rings is 1. The highest BCUT2D eigenvalue weighted by molar-refractivity contribution is 5.16. The highest BCUT2D eigenvalue weighted by Gasteiger charge is 1.95. The Morgan fingerprint density at radius 2 is 1.83 bits per heavy atom. The van der Waals surface area contributed by atoms with Gasteiger partial charge in [-0.1, -0.05) is 32.0 Å². The van der Waals surface area contributed by atoms with E-state index in [1.165, 1.54) is 6.07 Å². The first-order valence-corrected chi connectivity index (χ1v) is 4.22. The second kappa shape index (κ2) is 6.80. The van der Waals surface area contributed by atoms with Gasteiger partial charge in [-0.2, -0.15) is 0 Å². The minimum absolute atomic E-state index is 0.142. The van der Waals surface area contributed by atoms with Crippen molar-refractivity contribution in [2.75, 3.05) is 7.05 Å². The maximum absolute atomic E-state index is 12.7. The van der Waals surface area contributed by atoms with Crippen molar-refractivity contribution < 1.29 is 4.39 Å². The average Bonchev–Trinajstić information content (AvgIpc) is 2.13. The molecule has 0 fully saturated rings. The van der Waals surface area contributed by atoms with E-state index in [4.69, 9.17) is 0 Å². The Morgan fingerprint density at radius 1 is 1.25 bits per heavy atom. The summed E-state index contributed by atoms with van der Waals surface area (Å²) in [5.41, 5.74) is 0.713. The van der Waals surface area contributed by atoms with Crippen LogP contribution in [0.2, 0.25) is 0 Å². The van der Waals surface area contributed by atoms with Gasteiger partial charge >= 0.3 is 0 Å². The molecule has 0 spiro atoms. The molecule has 12 heavy (non-hydrogen) atoms. The molecule has 0 aliphatic carbocycles. The molecular weight excluding hydrogens is 153 g/mol. The Balaban J connectivity index is 0.000000561. The van der Waals surface area contributed by atoms with Crippen LogP contribution in [0.15, 0.2) is 24.3 Å². The molecule has 0 heterocycles. The fraction of sp³-hybridized carbons (Fsp3) is 0.400. The first kappa shape index (κ1) is 11.1. The average molecular weight is 169 g/mol. The van der Waals surface area contributed by atoms with E-state index in [0.717, 1.165) is 0 Å². The summed E-state index contributed by atoms with van der Waals surface area (Å²) in [6.45, 7) is 4.59. The van der Waals surface area contributed by atoms with Crippen LogP contribution >= 0.6 is 0 Å². The van der Waals surface area contributed by atoms with E-state index in [9.17, 15) is 4.39 Å². The van der Waals surface area contributed by atoms with Crippen LogP contribution in [0.4, 0.5) is 4.39 Å². The van der Waals surface area contributed by atoms with E-state index in [1.54, 1.807) is 19.2 Å². The van der Waals surface area contributed by atoms with E-state index >= 15 is 0 Å². The summed E-state index contributed by atoms with van der Waals surface area (Å²) in [5.74, 6) is -0.142. The van der Waals surface area contributed by atoms with Crippen LogP contribution in [0.1, 0.15) is 19.4 Å². The largest absolute Gasteiger partial charge is 0.316 e. The van der Waals surface area contributed by atoms with Gasteiger partial charge in [-0.25, -0.2) is 4.39 Å². The lowest BCUT2D eigenvalue weighted by Gasteiger charge is -1.99. The maximum atomic E-state index is 12.7. The summed E-state index contributed by atoms with van der Waals surface area (Å²) in [6.07, 6.45) is 0. The van der Waals surface area contributed by atoms with Crippen molar-refractivity contribution in [1.29, 1.82) is 0 Å². The maximum Gasteiger partial charge on any atom is 0.127 e. The third-order valence-corrected chi connectivity index (χ3v) is 1.33. The summed E-state index contributed by atoms with van der Waals surface area (Å²) in [5, 5.41) is 2.88. The fourth-order valence-electron chi connectivity index (χ4n) is 0.832. The zero-order chi connectivity index (χ0) is 9.40. The Labute approximate surface area is 73.6 Å². The fourth-order valence-corrected chi connectivity index (χ4v) is 0.832. The molecule has 0 saturated heterocycles. The van der Waals surface area contributed by atoms with E-state index in [1.807, 2.05) is 19.9 Å². The minimum Gasteiger partial charge on any atom is -0.316 e. The third-order valence-electron chi connectivity index (χ3n) is 1.33. The predicted octanol–water partition coefficient (Wildman–Crippen LogP) is 2.57. The van der Waals surface area contributed by atoms with Gasteiger partial charge in [0.1, 0.15) is 5.82 Å². The van der Waals surface area contributed by atoms with Crippen LogP contribution in [-0.4, -0.2) is 7.05 Å².